The topological polar surface area (TPSA) is 25.2 Å². The van der Waals surface area contributed by atoms with Crippen molar-refractivity contribution in [1.29, 1.82) is 0 Å². The Bertz CT molecular complexity index is 965. The maximum atomic E-state index is 11.9. The summed E-state index contributed by atoms with van der Waals surface area (Å²) in [6.45, 7) is 13.2. The fourth-order valence-corrected chi connectivity index (χ4v) is 4.97. The third-order valence-corrected chi connectivity index (χ3v) is 6.51. The van der Waals surface area contributed by atoms with Crippen LogP contribution in [0.2, 0.25) is 0 Å². The molecule has 0 amide bonds. The van der Waals surface area contributed by atoms with Gasteiger partial charge in [-0.25, -0.2) is 0 Å². The number of rotatable bonds is 10. The summed E-state index contributed by atoms with van der Waals surface area (Å²) in [5.41, 5.74) is 6.01. The predicted octanol–water partition coefficient (Wildman–Crippen LogP) is 5.56. The van der Waals surface area contributed by atoms with E-state index in [4.69, 9.17) is 0 Å². The molecule has 4 heteroatoms. The van der Waals surface area contributed by atoms with Gasteiger partial charge in [0.2, 0.25) is 0 Å². The van der Waals surface area contributed by atoms with Crippen LogP contribution < -0.4 is 0 Å². The highest BCUT2D eigenvalue weighted by atomic mass is 32.2. The van der Waals surface area contributed by atoms with Gasteiger partial charge in [0.15, 0.2) is 0 Å². The number of allylic oxidation sites excluding steroid dienone is 3. The molecule has 0 fully saturated rings. The van der Waals surface area contributed by atoms with Crippen LogP contribution in [-0.2, 0) is 23.6 Å². The second-order valence-electron chi connectivity index (χ2n) is 7.85. The number of benzene rings is 1. The Hall–Kier alpha value is -2.59. The van der Waals surface area contributed by atoms with E-state index in [0.29, 0.717) is 5.75 Å². The Morgan fingerprint density at radius 3 is 2.70 bits per heavy atom. The number of aromatic nitrogens is 1. The zero-order valence-corrected chi connectivity index (χ0v) is 18.9. The highest BCUT2D eigenvalue weighted by Gasteiger charge is 2.23. The summed E-state index contributed by atoms with van der Waals surface area (Å²) in [4.78, 5) is 2.27. The Labute approximate surface area is 183 Å². The van der Waals surface area contributed by atoms with Gasteiger partial charge in [-0.3, -0.25) is 4.21 Å². The van der Waals surface area contributed by atoms with E-state index < -0.39 is 10.8 Å². The van der Waals surface area contributed by atoms with Crippen molar-refractivity contribution in [1.82, 2.24) is 9.47 Å². The number of nitrogens with zero attached hydrogens (tertiary/aromatic N) is 2. The Balaban J connectivity index is 1.74. The summed E-state index contributed by atoms with van der Waals surface area (Å²) < 4.78 is 14.2. The van der Waals surface area contributed by atoms with Crippen LogP contribution in [0.25, 0.3) is 5.69 Å². The van der Waals surface area contributed by atoms with E-state index in [0.717, 1.165) is 31.5 Å². The molecule has 2 atom stereocenters. The molecule has 2 unspecified atom stereocenters. The van der Waals surface area contributed by atoms with Gasteiger partial charge in [-0.2, -0.15) is 0 Å². The smallest absolute Gasteiger partial charge is 0.0601 e. The normalized spacial score (nSPS) is 18.5. The molecular weight excluding hydrogens is 388 g/mol. The fraction of sp³-hybridized carbons (Fsp3) is 0.308. The first-order valence-electron chi connectivity index (χ1n) is 10.6. The second kappa shape index (κ2) is 10.4. The average molecular weight is 421 g/mol. The zero-order chi connectivity index (χ0) is 21.5. The molecule has 0 radical (unpaired) electrons. The van der Waals surface area contributed by atoms with Crippen molar-refractivity contribution in [3.63, 3.8) is 0 Å². The molecule has 1 aliphatic heterocycles. The quantitative estimate of drug-likeness (QED) is 0.470. The van der Waals surface area contributed by atoms with Gasteiger partial charge in [0.1, 0.15) is 0 Å². The van der Waals surface area contributed by atoms with Crippen molar-refractivity contribution >= 4 is 10.8 Å². The van der Waals surface area contributed by atoms with Crippen LogP contribution >= 0.6 is 0 Å². The van der Waals surface area contributed by atoms with E-state index in [1.165, 1.54) is 22.5 Å². The minimum absolute atomic E-state index is 0.127. The van der Waals surface area contributed by atoms with Crippen molar-refractivity contribution < 1.29 is 4.21 Å². The summed E-state index contributed by atoms with van der Waals surface area (Å²) in [6.07, 6.45) is 11.0. The van der Waals surface area contributed by atoms with Crippen molar-refractivity contribution in [2.45, 2.75) is 39.2 Å². The molecule has 2 heterocycles. The van der Waals surface area contributed by atoms with Gasteiger partial charge in [0.25, 0.3) is 0 Å². The summed E-state index contributed by atoms with van der Waals surface area (Å²) in [5.74, 6) is 0.632. The van der Waals surface area contributed by atoms with E-state index in [-0.39, 0.29) is 6.04 Å². The molecule has 3 rings (SSSR count). The highest BCUT2D eigenvalue weighted by Crippen LogP contribution is 2.22. The van der Waals surface area contributed by atoms with Gasteiger partial charge in [-0.1, -0.05) is 62.4 Å². The van der Waals surface area contributed by atoms with Gasteiger partial charge in [-0.15, -0.1) is 0 Å². The third-order valence-electron chi connectivity index (χ3n) is 5.38. The molecule has 0 aliphatic carbocycles. The van der Waals surface area contributed by atoms with E-state index >= 15 is 0 Å². The van der Waals surface area contributed by atoms with Gasteiger partial charge in [0, 0.05) is 52.4 Å². The van der Waals surface area contributed by atoms with E-state index in [1.54, 1.807) is 5.41 Å². The molecule has 0 saturated heterocycles. The number of aryl methyl sites for hydroxylation is 1. The standard InChI is InChI=1S/C26H32N2OS/c1-5-8-21(3)19-28(26-15-17-30(29)20-26)22(4)18-23-11-13-25(14-12-23)27-16-7-10-24(27)9-6-2/h5,7-8,10-17,26H,1,4,6,9,18-20H2,2-3H3/b21-8+. The second-order valence-corrected chi connectivity index (χ2v) is 9.22. The molecule has 2 aromatic rings. The van der Waals surface area contributed by atoms with E-state index in [2.05, 4.69) is 79.1 Å². The predicted molar refractivity (Wildman–Crippen MR) is 129 cm³/mol. The monoisotopic (exact) mass is 420 g/mol. The SMILES string of the molecule is C=C/C=C(\C)CN(C(=C)Cc1ccc(-n2cccc2CCC)cc1)C1C=CS(=O)C1. The van der Waals surface area contributed by atoms with Crippen LogP contribution in [0.4, 0.5) is 0 Å². The molecule has 1 aromatic heterocycles. The molecule has 1 aliphatic rings. The van der Waals surface area contributed by atoms with Crippen LogP contribution in [0.3, 0.4) is 0 Å². The lowest BCUT2D eigenvalue weighted by Gasteiger charge is -2.32. The molecule has 0 saturated carbocycles. The van der Waals surface area contributed by atoms with Crippen LogP contribution in [0.1, 0.15) is 31.5 Å². The minimum Gasteiger partial charge on any atom is -0.364 e. The largest absolute Gasteiger partial charge is 0.364 e. The lowest BCUT2D eigenvalue weighted by atomic mass is 10.1. The van der Waals surface area contributed by atoms with E-state index in [9.17, 15) is 4.21 Å². The molecular formula is C26H32N2OS. The van der Waals surface area contributed by atoms with Crippen molar-refractivity contribution in [3.05, 3.63) is 102 Å². The Kier molecular flexibility index (Phi) is 7.69. The van der Waals surface area contributed by atoms with Gasteiger partial charge in [0.05, 0.1) is 11.8 Å². The van der Waals surface area contributed by atoms with Crippen LogP contribution in [0, 0.1) is 0 Å². The van der Waals surface area contributed by atoms with Crippen LogP contribution in [0.15, 0.2) is 90.7 Å². The molecule has 3 nitrogen and oxygen atoms in total. The lowest BCUT2D eigenvalue weighted by Crippen LogP contribution is -2.36. The van der Waals surface area contributed by atoms with Gasteiger partial charge < -0.3 is 9.47 Å². The highest BCUT2D eigenvalue weighted by molar-refractivity contribution is 7.88. The summed E-state index contributed by atoms with van der Waals surface area (Å²) >= 11 is 0. The first-order valence-corrected chi connectivity index (χ1v) is 11.9. The summed E-state index contributed by atoms with van der Waals surface area (Å²) in [7, 11) is -0.885. The fourth-order valence-electron chi connectivity index (χ4n) is 3.88. The van der Waals surface area contributed by atoms with Crippen LogP contribution in [-0.4, -0.2) is 32.0 Å². The lowest BCUT2D eigenvalue weighted by molar-refractivity contribution is 0.331. The minimum atomic E-state index is -0.885. The Morgan fingerprint density at radius 2 is 2.07 bits per heavy atom. The maximum absolute atomic E-state index is 11.9. The van der Waals surface area contributed by atoms with Gasteiger partial charge >= 0.3 is 0 Å². The van der Waals surface area contributed by atoms with Crippen molar-refractivity contribution in [3.8, 4) is 5.69 Å². The molecule has 158 valence electrons. The van der Waals surface area contributed by atoms with Crippen molar-refractivity contribution in [2.24, 2.45) is 0 Å². The third kappa shape index (κ3) is 5.51. The molecule has 0 spiro atoms. The van der Waals surface area contributed by atoms with Crippen molar-refractivity contribution in [2.75, 3.05) is 12.3 Å². The first kappa shape index (κ1) is 22.1. The van der Waals surface area contributed by atoms with Crippen LogP contribution in [0.5, 0.6) is 0 Å². The number of hydrogen-bond donors (Lipinski definition) is 0. The first-order chi connectivity index (χ1) is 14.5. The Morgan fingerprint density at radius 1 is 1.30 bits per heavy atom. The number of hydrogen-bond acceptors (Lipinski definition) is 2. The molecule has 0 bridgehead atoms. The van der Waals surface area contributed by atoms with Gasteiger partial charge in [-0.05, 0) is 43.2 Å². The molecule has 30 heavy (non-hydrogen) atoms. The molecule has 1 aromatic carbocycles. The zero-order valence-electron chi connectivity index (χ0n) is 18.1. The van der Waals surface area contributed by atoms with E-state index in [1.807, 2.05) is 18.2 Å². The summed E-state index contributed by atoms with van der Waals surface area (Å²) in [5, 5.41) is 1.80. The summed E-state index contributed by atoms with van der Waals surface area (Å²) in [6, 6.07) is 13.2. The average Bonchev–Trinajstić information content (AvgIpc) is 3.36. The maximum Gasteiger partial charge on any atom is 0.0601 e. The molecule has 0 N–H and O–H groups in total.